The summed E-state index contributed by atoms with van der Waals surface area (Å²) in [5.74, 6) is -0.476. The molecule has 0 bridgehead atoms. The van der Waals surface area contributed by atoms with Crippen LogP contribution in [0.2, 0.25) is 0 Å². The lowest BCUT2D eigenvalue weighted by Gasteiger charge is -2.03. The fourth-order valence-electron chi connectivity index (χ4n) is 0.523. The Balaban J connectivity index is 3.26. The summed E-state index contributed by atoms with van der Waals surface area (Å²) in [7, 11) is 0. The van der Waals surface area contributed by atoms with Gasteiger partial charge >= 0.3 is 0 Å². The molecule has 0 saturated heterocycles. The van der Waals surface area contributed by atoms with Gasteiger partial charge < -0.3 is 15.4 Å². The van der Waals surface area contributed by atoms with E-state index in [1.54, 1.807) is 0 Å². The van der Waals surface area contributed by atoms with Crippen molar-refractivity contribution >= 4 is 18.1 Å². The molecule has 0 saturated carbocycles. The van der Waals surface area contributed by atoms with E-state index in [9.17, 15) is 14.4 Å². The molecule has 0 aromatic carbocycles. The lowest BCUT2D eigenvalue weighted by molar-refractivity contribution is -0.126. The minimum absolute atomic E-state index is 0.0264. The third kappa shape index (κ3) is 8.48. The van der Waals surface area contributed by atoms with Gasteiger partial charge in [0.15, 0.2) is 5.78 Å². The summed E-state index contributed by atoms with van der Waals surface area (Å²) >= 11 is 0. The Morgan fingerprint density at radius 2 is 2.15 bits per heavy atom. The molecular formula is C7H12N2O4. The average molecular weight is 188 g/mol. The molecule has 2 N–H and O–H groups in total. The third-order valence-electron chi connectivity index (χ3n) is 1.02. The maximum Gasteiger partial charge on any atom is 0.241 e. The fraction of sp³-hybridized carbons (Fsp3) is 0.571. The second-order valence-corrected chi connectivity index (χ2v) is 2.29. The van der Waals surface area contributed by atoms with Crippen LogP contribution in [0.4, 0.5) is 0 Å². The van der Waals surface area contributed by atoms with E-state index < -0.39 is 0 Å². The fourth-order valence-corrected chi connectivity index (χ4v) is 0.523. The van der Waals surface area contributed by atoms with Crippen molar-refractivity contribution in [3.05, 3.63) is 0 Å². The van der Waals surface area contributed by atoms with Crippen LogP contribution in [0.25, 0.3) is 0 Å². The van der Waals surface area contributed by atoms with Gasteiger partial charge in [0.1, 0.15) is 13.3 Å². The highest BCUT2D eigenvalue weighted by Gasteiger charge is 1.98. The van der Waals surface area contributed by atoms with Gasteiger partial charge in [-0.15, -0.1) is 0 Å². The molecule has 0 atom stereocenters. The second-order valence-electron chi connectivity index (χ2n) is 2.29. The van der Waals surface area contributed by atoms with E-state index in [0.29, 0.717) is 6.41 Å². The first-order valence-electron chi connectivity index (χ1n) is 3.67. The molecule has 0 rings (SSSR count). The van der Waals surface area contributed by atoms with Crippen molar-refractivity contribution < 1.29 is 19.1 Å². The maximum atomic E-state index is 10.7. The second kappa shape index (κ2) is 7.23. The van der Waals surface area contributed by atoms with E-state index >= 15 is 0 Å². The Bertz CT molecular complexity index is 193. The molecule has 0 aromatic heterocycles. The number of carbonyl (C=O) groups is 3. The number of nitrogens with one attached hydrogen (secondary N) is 2. The number of Topliss-reactive ketones (excluding diaryl/α,β-unsaturated/α-hetero) is 1. The number of ketones is 1. The van der Waals surface area contributed by atoms with E-state index in [1.807, 2.05) is 0 Å². The average Bonchev–Trinajstić information content (AvgIpc) is 2.08. The van der Waals surface area contributed by atoms with Gasteiger partial charge in [0.25, 0.3) is 0 Å². The lowest BCUT2D eigenvalue weighted by Crippen LogP contribution is -2.35. The zero-order chi connectivity index (χ0) is 10.1. The summed E-state index contributed by atoms with van der Waals surface area (Å²) in [6.45, 7) is 1.24. The number of hydrogen-bond donors (Lipinski definition) is 2. The van der Waals surface area contributed by atoms with Crippen LogP contribution >= 0.6 is 0 Å². The molecule has 0 radical (unpaired) electrons. The van der Waals surface area contributed by atoms with Crippen molar-refractivity contribution in [1.82, 2.24) is 10.6 Å². The van der Waals surface area contributed by atoms with Gasteiger partial charge in [0, 0.05) is 0 Å². The predicted octanol–water partition coefficient (Wildman–Crippen LogP) is -1.59. The van der Waals surface area contributed by atoms with Crippen molar-refractivity contribution in [2.24, 2.45) is 0 Å². The minimum Gasteiger partial charge on any atom is -0.354 e. The Morgan fingerprint density at radius 1 is 1.46 bits per heavy atom. The Morgan fingerprint density at radius 3 is 2.69 bits per heavy atom. The van der Waals surface area contributed by atoms with Crippen LogP contribution in [0.3, 0.4) is 0 Å². The summed E-state index contributed by atoms with van der Waals surface area (Å²) in [6.07, 6.45) is 0.427. The Hall–Kier alpha value is -1.43. The third-order valence-corrected chi connectivity index (χ3v) is 1.02. The van der Waals surface area contributed by atoms with E-state index in [-0.39, 0.29) is 31.6 Å². The molecule has 0 heterocycles. The Labute approximate surface area is 75.6 Å². The van der Waals surface area contributed by atoms with E-state index in [4.69, 9.17) is 4.74 Å². The smallest absolute Gasteiger partial charge is 0.241 e. The standard InChI is InChI=1S/C7H12N2O4/c1-6(11)3-13-5-9-7(12)2-8-4-10/h4H,2-3,5H2,1H3,(H,8,10)(H,9,12). The number of rotatable bonds is 7. The molecule has 0 spiro atoms. The molecular weight excluding hydrogens is 176 g/mol. The zero-order valence-corrected chi connectivity index (χ0v) is 7.33. The van der Waals surface area contributed by atoms with Crippen molar-refractivity contribution in [2.45, 2.75) is 6.92 Å². The van der Waals surface area contributed by atoms with Gasteiger partial charge in [-0.3, -0.25) is 14.4 Å². The van der Waals surface area contributed by atoms with Gasteiger partial charge in [0.2, 0.25) is 12.3 Å². The van der Waals surface area contributed by atoms with Crippen LogP contribution in [0, 0.1) is 0 Å². The van der Waals surface area contributed by atoms with Gasteiger partial charge in [-0.05, 0) is 6.92 Å². The molecule has 6 nitrogen and oxygen atoms in total. The minimum atomic E-state index is -0.365. The highest BCUT2D eigenvalue weighted by Crippen LogP contribution is 1.73. The predicted molar refractivity (Wildman–Crippen MR) is 43.7 cm³/mol. The number of amides is 2. The molecule has 13 heavy (non-hydrogen) atoms. The highest BCUT2D eigenvalue weighted by molar-refractivity contribution is 5.79. The van der Waals surface area contributed by atoms with Gasteiger partial charge in [-0.25, -0.2) is 0 Å². The van der Waals surface area contributed by atoms with Crippen LogP contribution in [0.15, 0.2) is 0 Å². The van der Waals surface area contributed by atoms with Crippen LogP contribution in [-0.2, 0) is 19.1 Å². The summed E-state index contributed by atoms with van der Waals surface area (Å²) < 4.78 is 4.75. The first-order chi connectivity index (χ1) is 6.16. The van der Waals surface area contributed by atoms with Crippen molar-refractivity contribution in [3.8, 4) is 0 Å². The normalized spacial score (nSPS) is 9.00. The molecule has 0 unspecified atom stereocenters. The lowest BCUT2D eigenvalue weighted by atomic mass is 10.5. The van der Waals surface area contributed by atoms with E-state index in [0.717, 1.165) is 0 Å². The van der Waals surface area contributed by atoms with Crippen molar-refractivity contribution in [3.63, 3.8) is 0 Å². The molecule has 0 aliphatic rings. The molecule has 6 heteroatoms. The molecule has 0 fully saturated rings. The van der Waals surface area contributed by atoms with Gasteiger partial charge in [0.05, 0.1) is 6.54 Å². The summed E-state index contributed by atoms with van der Waals surface area (Å²) in [6, 6.07) is 0. The Kier molecular flexibility index (Phi) is 6.44. The largest absolute Gasteiger partial charge is 0.354 e. The maximum absolute atomic E-state index is 10.7. The zero-order valence-electron chi connectivity index (χ0n) is 7.33. The first kappa shape index (κ1) is 11.6. The van der Waals surface area contributed by atoms with E-state index in [2.05, 4.69) is 10.6 Å². The number of ether oxygens (including phenoxy) is 1. The van der Waals surface area contributed by atoms with Crippen molar-refractivity contribution in [1.29, 1.82) is 0 Å². The first-order valence-corrected chi connectivity index (χ1v) is 3.67. The molecule has 2 amide bonds. The highest BCUT2D eigenvalue weighted by atomic mass is 16.5. The SMILES string of the molecule is CC(=O)COCNC(=O)CNC=O. The molecule has 0 aliphatic heterocycles. The summed E-state index contributed by atoms with van der Waals surface area (Å²) in [5, 5.41) is 4.52. The van der Waals surface area contributed by atoms with E-state index in [1.165, 1.54) is 6.92 Å². The van der Waals surface area contributed by atoms with Crippen LogP contribution < -0.4 is 10.6 Å². The summed E-state index contributed by atoms with van der Waals surface area (Å²) in [4.78, 5) is 30.9. The number of carbonyl (C=O) groups excluding carboxylic acids is 3. The van der Waals surface area contributed by atoms with Crippen LogP contribution in [0.1, 0.15) is 6.92 Å². The molecule has 0 aromatic rings. The van der Waals surface area contributed by atoms with Crippen molar-refractivity contribution in [2.75, 3.05) is 19.9 Å². The van der Waals surface area contributed by atoms with Gasteiger partial charge in [-0.1, -0.05) is 0 Å². The molecule has 0 aliphatic carbocycles. The quantitative estimate of drug-likeness (QED) is 0.286. The molecule has 74 valence electrons. The van der Waals surface area contributed by atoms with Gasteiger partial charge in [-0.2, -0.15) is 0 Å². The monoisotopic (exact) mass is 188 g/mol. The number of hydrogen-bond acceptors (Lipinski definition) is 4. The van der Waals surface area contributed by atoms with Crippen LogP contribution in [-0.4, -0.2) is 38.0 Å². The summed E-state index contributed by atoms with van der Waals surface area (Å²) in [5.41, 5.74) is 0. The topological polar surface area (TPSA) is 84.5 Å². The van der Waals surface area contributed by atoms with Crippen LogP contribution in [0.5, 0.6) is 0 Å².